The first-order chi connectivity index (χ1) is 24.1. The van der Waals surface area contributed by atoms with E-state index in [2.05, 4.69) is 15.3 Å². The second-order valence-electron chi connectivity index (χ2n) is 13.4. The number of hydrogen-bond acceptors (Lipinski definition) is 10. The van der Waals surface area contributed by atoms with Crippen LogP contribution >= 0.6 is 23.2 Å². The number of quaternary nitrogens is 1. The van der Waals surface area contributed by atoms with Gasteiger partial charge in [-0.15, -0.1) is 0 Å². The first-order valence-electron chi connectivity index (χ1n) is 16.4. The molecule has 15 nitrogen and oxygen atoms in total. The van der Waals surface area contributed by atoms with Crippen molar-refractivity contribution in [3.63, 3.8) is 0 Å². The van der Waals surface area contributed by atoms with Crippen molar-refractivity contribution >= 4 is 51.9 Å². The second kappa shape index (κ2) is 16.6. The maximum atomic E-state index is 14.5. The summed E-state index contributed by atoms with van der Waals surface area (Å²) in [6.07, 6.45) is 7.39. The molecule has 0 unspecified atom stereocenters. The van der Waals surface area contributed by atoms with Crippen LogP contribution in [0.15, 0.2) is 41.6 Å². The number of aromatic nitrogens is 5. The number of benzene rings is 1. The summed E-state index contributed by atoms with van der Waals surface area (Å²) in [5.74, 6) is 0.657. The average Bonchev–Trinajstić information content (AvgIpc) is 3.44. The Hall–Kier alpha value is -4.25. The van der Waals surface area contributed by atoms with Crippen molar-refractivity contribution in [1.82, 2.24) is 29.0 Å². The summed E-state index contributed by atoms with van der Waals surface area (Å²) >= 11 is 13.5. The molecule has 4 heterocycles. The van der Waals surface area contributed by atoms with Gasteiger partial charge in [0.25, 0.3) is 5.56 Å². The first kappa shape index (κ1) is 40.5. The Morgan fingerprint density at radius 3 is 2.35 bits per heavy atom. The molecule has 0 spiro atoms. The number of fused-ring (bicyclic) bond motifs is 1. The van der Waals surface area contributed by atoms with Gasteiger partial charge in [-0.3, -0.25) is 14.2 Å². The number of ether oxygens (including phenoxy) is 2. The molecule has 0 radical (unpaired) electrons. The summed E-state index contributed by atoms with van der Waals surface area (Å²) in [5, 5.41) is 15.6. The standard InChI is InChI=1S/C34H41Cl2N9O6.BrH/c1-20(2)39-34-37-17-21-15-23(28-29(35)25(50-6)16-26(51-7)30(28)36)33(47)43(31(21)40-34)22-10-12-42(13-11-22)27(46)9-8-14-45(4,5)18-24-32(44(48)49)38-19-41(24)3;/h8-9,15-17,19-20,22H,10-14,18H2,1-7H3;1H/b9-8+;. The lowest BCUT2D eigenvalue weighted by Gasteiger charge is -2.33. The number of pyridine rings is 1. The first-order valence-corrected chi connectivity index (χ1v) is 17.1. The molecule has 0 saturated carbocycles. The summed E-state index contributed by atoms with van der Waals surface area (Å²) in [7, 11) is 8.52. The third kappa shape index (κ3) is 8.51. The molecule has 1 aliphatic rings. The molecule has 0 atom stereocenters. The number of carbonyl (C=O) groups excluding carboxylic acids is 1. The van der Waals surface area contributed by atoms with Gasteiger partial charge in [-0.2, -0.15) is 4.98 Å². The van der Waals surface area contributed by atoms with E-state index in [1.807, 2.05) is 27.9 Å². The van der Waals surface area contributed by atoms with Crippen molar-refractivity contribution in [2.45, 2.75) is 45.3 Å². The lowest BCUT2D eigenvalue weighted by molar-refractivity contribution is -0.898. The second-order valence-corrected chi connectivity index (χ2v) is 14.2. The van der Waals surface area contributed by atoms with Crippen molar-refractivity contribution in [3.8, 4) is 22.6 Å². The van der Waals surface area contributed by atoms with E-state index in [-0.39, 0.29) is 67.5 Å². The number of amides is 1. The fraction of sp³-hybridized carbons (Fsp3) is 0.441. The smallest absolute Gasteiger partial charge is 0.390 e. The number of carbonyl (C=O) groups is 1. The molecule has 1 aromatic carbocycles. The predicted octanol–water partition coefficient (Wildman–Crippen LogP) is 2.24. The maximum Gasteiger partial charge on any atom is 0.390 e. The molecule has 18 heteroatoms. The van der Waals surface area contributed by atoms with Crippen LogP contribution in [0.25, 0.3) is 22.2 Å². The number of aryl methyl sites for hydroxylation is 1. The molecule has 52 heavy (non-hydrogen) atoms. The van der Waals surface area contributed by atoms with Gasteiger partial charge in [-0.1, -0.05) is 23.2 Å². The molecule has 1 fully saturated rings. The number of piperidine rings is 1. The largest absolute Gasteiger partial charge is 1.00 e. The van der Waals surface area contributed by atoms with E-state index >= 15 is 0 Å². The van der Waals surface area contributed by atoms with Crippen LogP contribution < -0.4 is 37.3 Å². The van der Waals surface area contributed by atoms with Crippen LogP contribution in [-0.4, -0.2) is 98.3 Å². The monoisotopic (exact) mass is 821 g/mol. The Bertz CT molecular complexity index is 2030. The van der Waals surface area contributed by atoms with Gasteiger partial charge in [0.1, 0.15) is 23.7 Å². The van der Waals surface area contributed by atoms with Gasteiger partial charge in [0.05, 0.1) is 50.5 Å². The van der Waals surface area contributed by atoms with Crippen molar-refractivity contribution in [2.24, 2.45) is 7.05 Å². The average molecular weight is 824 g/mol. The highest BCUT2D eigenvalue weighted by atomic mass is 79.9. The molecule has 4 aromatic rings. The Balaban J connectivity index is 0.00000605. The van der Waals surface area contributed by atoms with Crippen molar-refractivity contribution in [3.05, 3.63) is 73.0 Å². The number of likely N-dealkylation sites (tertiary alicyclic amines) is 1. The third-order valence-corrected chi connectivity index (χ3v) is 9.57. The Kier molecular flexibility index (Phi) is 12.9. The fourth-order valence-electron chi connectivity index (χ4n) is 6.22. The van der Waals surface area contributed by atoms with E-state index in [1.54, 1.807) is 45.5 Å². The topological polar surface area (TPSA) is 160 Å². The van der Waals surface area contributed by atoms with E-state index in [1.165, 1.54) is 26.6 Å². The number of hydrogen-bond donors (Lipinski definition) is 1. The zero-order valence-corrected chi connectivity index (χ0v) is 33.1. The maximum absolute atomic E-state index is 14.5. The number of nitrogens with one attached hydrogen (secondary N) is 1. The summed E-state index contributed by atoms with van der Waals surface area (Å²) in [4.78, 5) is 53.6. The molecule has 1 aliphatic heterocycles. The van der Waals surface area contributed by atoms with Gasteiger partial charge in [0.15, 0.2) is 5.69 Å². The quantitative estimate of drug-likeness (QED) is 0.0973. The predicted molar refractivity (Wildman–Crippen MR) is 196 cm³/mol. The molecule has 0 aliphatic carbocycles. The van der Waals surface area contributed by atoms with Crippen LogP contribution in [0.4, 0.5) is 11.8 Å². The van der Waals surface area contributed by atoms with Crippen LogP contribution in [0.3, 0.4) is 0 Å². The number of rotatable bonds is 12. The van der Waals surface area contributed by atoms with Gasteiger partial charge in [-0.05, 0) is 48.7 Å². The summed E-state index contributed by atoms with van der Waals surface area (Å²) in [5.41, 5.74) is 1.11. The van der Waals surface area contributed by atoms with Crippen molar-refractivity contribution in [1.29, 1.82) is 0 Å². The van der Waals surface area contributed by atoms with Crippen molar-refractivity contribution < 1.29 is 40.7 Å². The Morgan fingerprint density at radius 1 is 1.13 bits per heavy atom. The highest BCUT2D eigenvalue weighted by Gasteiger charge is 2.30. The fourth-order valence-corrected chi connectivity index (χ4v) is 6.93. The van der Waals surface area contributed by atoms with E-state index < -0.39 is 4.92 Å². The highest BCUT2D eigenvalue weighted by molar-refractivity contribution is 6.41. The zero-order valence-electron chi connectivity index (χ0n) is 30.0. The third-order valence-electron chi connectivity index (χ3n) is 8.82. The Morgan fingerprint density at radius 2 is 1.77 bits per heavy atom. The number of methoxy groups -OCH3 is 2. The molecule has 3 aromatic heterocycles. The van der Waals surface area contributed by atoms with Crippen LogP contribution in [0.1, 0.15) is 38.4 Å². The molecule has 1 saturated heterocycles. The van der Waals surface area contributed by atoms with E-state index in [4.69, 9.17) is 37.7 Å². The van der Waals surface area contributed by atoms with Crippen molar-refractivity contribution in [2.75, 3.05) is 53.3 Å². The zero-order chi connectivity index (χ0) is 37.2. The minimum absolute atomic E-state index is 0. The van der Waals surface area contributed by atoms with Crippen LogP contribution in [0, 0.1) is 10.1 Å². The van der Waals surface area contributed by atoms with Crippen LogP contribution in [-0.2, 0) is 18.4 Å². The van der Waals surface area contributed by atoms with Gasteiger partial charge >= 0.3 is 5.82 Å². The lowest BCUT2D eigenvalue weighted by Crippen LogP contribution is -3.00. The highest BCUT2D eigenvalue weighted by Crippen LogP contribution is 2.45. The molecular weight excluding hydrogens is 781 g/mol. The number of likely N-dealkylation sites (N-methyl/N-ethyl adjacent to an activating group) is 1. The van der Waals surface area contributed by atoms with Gasteiger partial charge in [0.2, 0.25) is 18.2 Å². The lowest BCUT2D eigenvalue weighted by atomic mass is 10.0. The minimum atomic E-state index is -0.486. The normalized spacial score (nSPS) is 13.8. The molecular formula is C34H42BrCl2N9O6. The summed E-state index contributed by atoms with van der Waals surface area (Å²) in [6.45, 7) is 5.57. The summed E-state index contributed by atoms with van der Waals surface area (Å²) < 4.78 is 14.6. The van der Waals surface area contributed by atoms with E-state index in [0.717, 1.165) is 0 Å². The molecule has 5 rings (SSSR count). The molecule has 0 bridgehead atoms. The number of nitrogens with zero attached hydrogens (tertiary/aromatic N) is 8. The minimum Gasteiger partial charge on any atom is -1.00 e. The van der Waals surface area contributed by atoms with Crippen LogP contribution in [0.2, 0.25) is 10.0 Å². The number of imidazole rings is 1. The molecule has 280 valence electrons. The SMILES string of the molecule is COc1cc(OC)c(Cl)c(-c2cc3cnc(NC(C)C)nc3n(C3CCN(C(=O)/C=C/C[N+](C)(C)Cc4c([N+](=O)[O-])ncn4C)CC3)c2=O)c1Cl.[Br-]. The number of halogens is 3. The Labute approximate surface area is 321 Å². The number of anilines is 1. The molecule has 1 N–H and O–H groups in total. The summed E-state index contributed by atoms with van der Waals surface area (Å²) in [6, 6.07) is 3.00. The van der Waals surface area contributed by atoms with Crippen LogP contribution in [0.5, 0.6) is 11.5 Å². The number of nitro groups is 1. The van der Waals surface area contributed by atoms with Gasteiger partial charge < -0.3 is 55.8 Å². The van der Waals surface area contributed by atoms with E-state index in [9.17, 15) is 19.7 Å². The van der Waals surface area contributed by atoms with Gasteiger partial charge in [0, 0.05) is 61.5 Å². The van der Waals surface area contributed by atoms with Gasteiger partial charge in [-0.25, -0.2) is 4.98 Å². The van der Waals surface area contributed by atoms with E-state index in [0.29, 0.717) is 77.7 Å². The molecule has 1 amide bonds.